The van der Waals surface area contributed by atoms with Gasteiger partial charge in [-0.1, -0.05) is 18.1 Å². The molecule has 1 aromatic rings. The predicted octanol–water partition coefficient (Wildman–Crippen LogP) is 0.748. The van der Waals surface area contributed by atoms with Crippen molar-refractivity contribution >= 4 is 21.5 Å². The van der Waals surface area contributed by atoms with E-state index in [0.717, 1.165) is 0 Å². The van der Waals surface area contributed by atoms with E-state index in [2.05, 4.69) is 10.7 Å². The normalized spacial score (nSPS) is 12.4. The highest BCUT2D eigenvalue weighted by Gasteiger charge is 2.29. The molecule has 0 bridgehead atoms. The molecule has 6 heteroatoms. The second-order valence-electron chi connectivity index (χ2n) is 4.00. The molecule has 0 saturated carbocycles. The number of esters is 1. The van der Waals surface area contributed by atoms with Crippen LogP contribution in [0.3, 0.4) is 0 Å². The first-order valence-corrected chi connectivity index (χ1v) is 7.24. The second-order valence-corrected chi connectivity index (χ2v) is 6.32. The SMILES string of the molecule is C#CCOC(=O)C(C)S(=O)(=O)Cc1ccc(N)cc1. The lowest BCUT2D eigenvalue weighted by atomic mass is 10.2. The maximum absolute atomic E-state index is 12.0. The number of ether oxygens (including phenoxy) is 1. The molecular formula is C13H15NO4S. The van der Waals surface area contributed by atoms with E-state index < -0.39 is 21.1 Å². The van der Waals surface area contributed by atoms with E-state index in [-0.39, 0.29) is 12.4 Å². The summed E-state index contributed by atoms with van der Waals surface area (Å²) < 4.78 is 28.6. The summed E-state index contributed by atoms with van der Waals surface area (Å²) in [4.78, 5) is 11.5. The summed E-state index contributed by atoms with van der Waals surface area (Å²) in [7, 11) is -3.64. The summed E-state index contributed by atoms with van der Waals surface area (Å²) >= 11 is 0. The van der Waals surface area contributed by atoms with Crippen LogP contribution < -0.4 is 5.73 Å². The number of carbonyl (C=O) groups is 1. The average molecular weight is 281 g/mol. The largest absolute Gasteiger partial charge is 0.452 e. The number of benzene rings is 1. The number of rotatable bonds is 5. The molecule has 0 fully saturated rings. The number of sulfone groups is 1. The quantitative estimate of drug-likeness (QED) is 0.489. The van der Waals surface area contributed by atoms with Crippen LogP contribution >= 0.6 is 0 Å². The van der Waals surface area contributed by atoms with Crippen molar-refractivity contribution in [2.45, 2.75) is 17.9 Å². The monoisotopic (exact) mass is 281 g/mol. The molecular weight excluding hydrogens is 266 g/mol. The minimum absolute atomic E-state index is 0.236. The molecule has 2 N–H and O–H groups in total. The standard InChI is InChI=1S/C13H15NO4S/c1-3-8-18-13(15)10(2)19(16,17)9-11-4-6-12(14)7-5-11/h1,4-7,10H,8-9,14H2,2H3. The molecule has 0 aliphatic heterocycles. The van der Waals surface area contributed by atoms with E-state index in [1.807, 2.05) is 0 Å². The van der Waals surface area contributed by atoms with Gasteiger partial charge in [0.2, 0.25) is 0 Å². The van der Waals surface area contributed by atoms with Crippen molar-refractivity contribution in [1.29, 1.82) is 0 Å². The van der Waals surface area contributed by atoms with Crippen molar-refractivity contribution < 1.29 is 17.9 Å². The first kappa shape index (κ1) is 15.1. The Balaban J connectivity index is 2.78. The fraction of sp³-hybridized carbons (Fsp3) is 0.308. The van der Waals surface area contributed by atoms with Crippen LogP contribution in [0.2, 0.25) is 0 Å². The zero-order valence-corrected chi connectivity index (χ0v) is 11.3. The molecule has 1 unspecified atom stereocenters. The van der Waals surface area contributed by atoms with E-state index in [1.165, 1.54) is 6.92 Å². The van der Waals surface area contributed by atoms with Crippen molar-refractivity contribution in [1.82, 2.24) is 0 Å². The summed E-state index contributed by atoms with van der Waals surface area (Å²) in [6, 6.07) is 6.41. The predicted molar refractivity (Wildman–Crippen MR) is 72.7 cm³/mol. The van der Waals surface area contributed by atoms with E-state index in [4.69, 9.17) is 12.2 Å². The lowest BCUT2D eigenvalue weighted by molar-refractivity contribution is -0.141. The Labute approximate surface area is 112 Å². The number of anilines is 1. The van der Waals surface area contributed by atoms with E-state index >= 15 is 0 Å². The summed E-state index contributed by atoms with van der Waals surface area (Å²) in [6.45, 7) is 1.05. The van der Waals surface area contributed by atoms with E-state index in [9.17, 15) is 13.2 Å². The van der Waals surface area contributed by atoms with Gasteiger partial charge in [0.15, 0.2) is 21.7 Å². The van der Waals surface area contributed by atoms with Crippen LogP contribution in [-0.2, 0) is 25.1 Å². The third-order valence-electron chi connectivity index (χ3n) is 2.52. The smallest absolute Gasteiger partial charge is 0.324 e. The number of carbonyl (C=O) groups excluding carboxylic acids is 1. The van der Waals surface area contributed by atoms with E-state index in [0.29, 0.717) is 11.3 Å². The molecule has 0 spiro atoms. The minimum Gasteiger partial charge on any atom is -0.452 e. The Morgan fingerprint density at radius 1 is 1.42 bits per heavy atom. The lowest BCUT2D eigenvalue weighted by Crippen LogP contribution is -2.30. The zero-order valence-electron chi connectivity index (χ0n) is 10.5. The molecule has 5 nitrogen and oxygen atoms in total. The molecule has 1 atom stereocenters. The molecule has 0 aromatic heterocycles. The molecule has 0 aliphatic carbocycles. The topological polar surface area (TPSA) is 86.5 Å². The van der Waals surface area contributed by atoms with Crippen molar-refractivity contribution in [3.8, 4) is 12.3 Å². The van der Waals surface area contributed by atoms with Crippen LogP contribution in [0.4, 0.5) is 5.69 Å². The van der Waals surface area contributed by atoms with Gasteiger partial charge in [-0.25, -0.2) is 8.42 Å². The Morgan fingerprint density at radius 3 is 2.53 bits per heavy atom. The molecule has 1 rings (SSSR count). The molecule has 0 aliphatic rings. The lowest BCUT2D eigenvalue weighted by Gasteiger charge is -2.11. The third kappa shape index (κ3) is 4.30. The van der Waals surface area contributed by atoms with Gasteiger partial charge >= 0.3 is 5.97 Å². The number of hydrogen-bond donors (Lipinski definition) is 1. The van der Waals surface area contributed by atoms with Gasteiger partial charge in [0.25, 0.3) is 0 Å². The highest BCUT2D eigenvalue weighted by Crippen LogP contribution is 2.14. The third-order valence-corrected chi connectivity index (χ3v) is 4.52. The van der Waals surface area contributed by atoms with Gasteiger partial charge in [-0.15, -0.1) is 6.42 Å². The van der Waals surface area contributed by atoms with Gasteiger partial charge in [0.1, 0.15) is 0 Å². The average Bonchev–Trinajstić information content (AvgIpc) is 2.37. The van der Waals surface area contributed by atoms with Gasteiger partial charge < -0.3 is 10.5 Å². The molecule has 19 heavy (non-hydrogen) atoms. The number of hydrogen-bond acceptors (Lipinski definition) is 5. The molecule has 1 aromatic carbocycles. The second kappa shape index (κ2) is 6.25. The Bertz CT molecular complexity index is 584. The molecule has 0 radical (unpaired) electrons. The maximum atomic E-state index is 12.0. The fourth-order valence-corrected chi connectivity index (χ4v) is 2.62. The van der Waals surface area contributed by atoms with Gasteiger partial charge in [-0.3, -0.25) is 4.79 Å². The maximum Gasteiger partial charge on any atom is 0.324 e. The Hall–Kier alpha value is -2.00. The minimum atomic E-state index is -3.64. The fourth-order valence-electron chi connectivity index (χ4n) is 1.35. The van der Waals surface area contributed by atoms with Crippen LogP contribution in [0.25, 0.3) is 0 Å². The zero-order chi connectivity index (χ0) is 14.5. The summed E-state index contributed by atoms with van der Waals surface area (Å²) in [5, 5.41) is -1.25. The van der Waals surface area contributed by atoms with E-state index in [1.54, 1.807) is 24.3 Å². The molecule has 0 amide bonds. The summed E-state index contributed by atoms with van der Waals surface area (Å²) in [5.41, 5.74) is 6.62. The van der Waals surface area contributed by atoms with Crippen LogP contribution in [0.15, 0.2) is 24.3 Å². The molecule has 102 valence electrons. The van der Waals surface area contributed by atoms with Crippen LogP contribution in [-0.4, -0.2) is 26.2 Å². The van der Waals surface area contributed by atoms with Crippen LogP contribution in [0.5, 0.6) is 0 Å². The summed E-state index contributed by atoms with van der Waals surface area (Å²) in [6.07, 6.45) is 4.94. The van der Waals surface area contributed by atoms with Crippen LogP contribution in [0.1, 0.15) is 12.5 Å². The van der Waals surface area contributed by atoms with Crippen LogP contribution in [0, 0.1) is 12.3 Å². The number of nitrogen functional groups attached to an aromatic ring is 1. The molecule has 0 heterocycles. The Morgan fingerprint density at radius 2 is 2.00 bits per heavy atom. The van der Waals surface area contributed by atoms with Gasteiger partial charge in [0, 0.05) is 5.69 Å². The Kier molecular flexibility index (Phi) is 4.95. The number of nitrogens with two attached hydrogens (primary N) is 1. The first-order valence-electron chi connectivity index (χ1n) is 5.53. The van der Waals surface area contributed by atoms with Crippen molar-refractivity contribution in [3.05, 3.63) is 29.8 Å². The number of terminal acetylenes is 1. The van der Waals surface area contributed by atoms with Crippen molar-refractivity contribution in [3.63, 3.8) is 0 Å². The highest BCUT2D eigenvalue weighted by molar-refractivity contribution is 7.92. The van der Waals surface area contributed by atoms with Gasteiger partial charge in [-0.2, -0.15) is 0 Å². The highest BCUT2D eigenvalue weighted by atomic mass is 32.2. The summed E-state index contributed by atoms with van der Waals surface area (Å²) in [5.74, 6) is 1.02. The van der Waals surface area contributed by atoms with Crippen molar-refractivity contribution in [2.75, 3.05) is 12.3 Å². The van der Waals surface area contributed by atoms with Gasteiger partial charge in [-0.05, 0) is 24.6 Å². The van der Waals surface area contributed by atoms with Crippen molar-refractivity contribution in [2.24, 2.45) is 0 Å². The van der Waals surface area contributed by atoms with Gasteiger partial charge in [0.05, 0.1) is 5.75 Å². The first-order chi connectivity index (χ1) is 8.86. The molecule has 0 saturated heterocycles.